The number of carbonyl (C=O) groups is 1. The van der Waals surface area contributed by atoms with E-state index in [0.717, 1.165) is 27.8 Å². The second kappa shape index (κ2) is 10.8. The van der Waals surface area contributed by atoms with Crippen LogP contribution in [0.4, 0.5) is 0 Å². The van der Waals surface area contributed by atoms with Crippen molar-refractivity contribution in [2.45, 2.75) is 13.5 Å². The van der Waals surface area contributed by atoms with Crippen LogP contribution in [0.1, 0.15) is 23.6 Å². The molecule has 0 amide bonds. The van der Waals surface area contributed by atoms with Crippen molar-refractivity contribution in [1.82, 2.24) is 0 Å². The minimum Gasteiger partial charge on any atom is -0.490 e. The lowest BCUT2D eigenvalue weighted by molar-refractivity contribution is -0.130. The molecule has 0 spiro atoms. The van der Waals surface area contributed by atoms with Crippen LogP contribution in [0, 0.1) is 0 Å². The lowest BCUT2D eigenvalue weighted by Crippen LogP contribution is -2.00. The molecule has 178 valence electrons. The maximum absolute atomic E-state index is 12.6. The van der Waals surface area contributed by atoms with E-state index >= 15 is 0 Å². The first-order chi connectivity index (χ1) is 17.7. The Morgan fingerprint density at radius 3 is 2.11 bits per heavy atom. The second-order valence-corrected chi connectivity index (χ2v) is 8.35. The molecule has 4 aromatic rings. The Bertz CT molecular complexity index is 1400. The molecule has 0 radical (unpaired) electrons. The van der Waals surface area contributed by atoms with E-state index in [2.05, 4.69) is 12.1 Å². The summed E-state index contributed by atoms with van der Waals surface area (Å²) >= 11 is 0. The fourth-order valence-electron chi connectivity index (χ4n) is 4.01. The Morgan fingerprint density at radius 2 is 1.39 bits per heavy atom. The van der Waals surface area contributed by atoms with Gasteiger partial charge in [-0.2, -0.15) is 0 Å². The average Bonchev–Trinajstić information content (AvgIpc) is 3.29. The van der Waals surface area contributed by atoms with E-state index in [9.17, 15) is 4.79 Å². The van der Waals surface area contributed by atoms with Crippen molar-refractivity contribution in [2.75, 3.05) is 6.61 Å². The van der Waals surface area contributed by atoms with E-state index < -0.39 is 0 Å². The van der Waals surface area contributed by atoms with Crippen LogP contribution in [0.5, 0.6) is 11.5 Å². The van der Waals surface area contributed by atoms with E-state index in [4.69, 9.17) is 14.2 Å². The second-order valence-electron chi connectivity index (χ2n) is 8.35. The van der Waals surface area contributed by atoms with Gasteiger partial charge in [0, 0.05) is 5.56 Å². The molecule has 0 unspecified atom stereocenters. The van der Waals surface area contributed by atoms with Gasteiger partial charge in [0.15, 0.2) is 11.5 Å². The van der Waals surface area contributed by atoms with Crippen molar-refractivity contribution in [1.29, 1.82) is 0 Å². The van der Waals surface area contributed by atoms with Gasteiger partial charge < -0.3 is 14.2 Å². The maximum Gasteiger partial charge on any atom is 0.343 e. The molecule has 0 aromatic heterocycles. The van der Waals surface area contributed by atoms with Gasteiger partial charge in [-0.15, -0.1) is 0 Å². The Kier molecular flexibility index (Phi) is 6.95. The predicted molar refractivity (Wildman–Crippen MR) is 142 cm³/mol. The van der Waals surface area contributed by atoms with Crippen molar-refractivity contribution in [3.63, 3.8) is 0 Å². The minimum absolute atomic E-state index is 0.375. The van der Waals surface area contributed by atoms with E-state index in [1.807, 2.05) is 97.9 Å². The maximum atomic E-state index is 12.6. The number of hydrogen-bond acceptors (Lipinski definition) is 4. The van der Waals surface area contributed by atoms with Gasteiger partial charge in [0.25, 0.3) is 0 Å². The molecular weight excluding hydrogens is 448 g/mol. The summed E-state index contributed by atoms with van der Waals surface area (Å²) in [6, 6.07) is 33.8. The van der Waals surface area contributed by atoms with Crippen LogP contribution < -0.4 is 9.47 Å². The van der Waals surface area contributed by atoms with Gasteiger partial charge in [0.1, 0.15) is 12.4 Å². The van der Waals surface area contributed by atoms with Gasteiger partial charge in [-0.25, -0.2) is 4.79 Å². The monoisotopic (exact) mass is 474 g/mol. The van der Waals surface area contributed by atoms with Crippen LogP contribution in [0.2, 0.25) is 0 Å². The highest BCUT2D eigenvalue weighted by Gasteiger charge is 2.22. The molecule has 1 aliphatic rings. The number of benzene rings is 4. The van der Waals surface area contributed by atoms with Gasteiger partial charge in [-0.05, 0) is 53.5 Å². The lowest BCUT2D eigenvalue weighted by atomic mass is 10.0. The highest BCUT2D eigenvalue weighted by Crippen LogP contribution is 2.33. The molecule has 4 heteroatoms. The Hall–Kier alpha value is -4.57. The summed E-state index contributed by atoms with van der Waals surface area (Å²) < 4.78 is 17.4. The molecule has 5 rings (SSSR count). The third-order valence-electron chi connectivity index (χ3n) is 5.83. The van der Waals surface area contributed by atoms with Crippen LogP contribution in [-0.2, 0) is 16.1 Å². The molecule has 1 heterocycles. The molecule has 36 heavy (non-hydrogen) atoms. The van der Waals surface area contributed by atoms with Crippen molar-refractivity contribution in [3.05, 3.63) is 131 Å². The SMILES string of the molecule is CCOc1cc(/C=C2\C=C(c3ccc(-c4ccccc4)cc3)OC2=O)ccc1OCc1ccccc1. The van der Waals surface area contributed by atoms with Crippen molar-refractivity contribution < 1.29 is 19.0 Å². The number of esters is 1. The average molecular weight is 475 g/mol. The molecule has 0 N–H and O–H groups in total. The van der Waals surface area contributed by atoms with Gasteiger partial charge >= 0.3 is 5.97 Å². The van der Waals surface area contributed by atoms with Crippen LogP contribution in [-0.4, -0.2) is 12.6 Å². The molecule has 0 saturated carbocycles. The summed E-state index contributed by atoms with van der Waals surface area (Å²) in [6.45, 7) is 2.88. The summed E-state index contributed by atoms with van der Waals surface area (Å²) in [4.78, 5) is 12.6. The fourth-order valence-corrected chi connectivity index (χ4v) is 4.01. The number of ether oxygens (including phenoxy) is 3. The van der Waals surface area contributed by atoms with Gasteiger partial charge in [0.2, 0.25) is 0 Å². The normalized spacial score (nSPS) is 13.9. The van der Waals surface area contributed by atoms with Crippen molar-refractivity contribution in [2.24, 2.45) is 0 Å². The third kappa shape index (κ3) is 5.39. The standard InChI is InChI=1S/C32H26O4/c1-2-34-31-20-24(13-18-29(31)35-22-23-9-5-3-6-10-23)19-28-21-30(36-32(28)33)27-16-14-26(15-17-27)25-11-7-4-8-12-25/h3-21H,2,22H2,1H3/b28-19+. The first-order valence-electron chi connectivity index (χ1n) is 11.9. The summed E-state index contributed by atoms with van der Waals surface area (Å²) in [5.41, 5.74) is 5.49. The zero-order valence-corrected chi connectivity index (χ0v) is 20.0. The first-order valence-corrected chi connectivity index (χ1v) is 11.9. The largest absolute Gasteiger partial charge is 0.490 e. The zero-order valence-electron chi connectivity index (χ0n) is 20.0. The molecule has 1 aliphatic heterocycles. The summed E-state index contributed by atoms with van der Waals surface area (Å²) in [5, 5.41) is 0. The molecular formula is C32H26O4. The smallest absolute Gasteiger partial charge is 0.343 e. The Morgan fingerprint density at radius 1 is 0.722 bits per heavy atom. The molecule has 0 bridgehead atoms. The van der Waals surface area contributed by atoms with Crippen molar-refractivity contribution >= 4 is 17.8 Å². The Labute approximate surface area is 211 Å². The van der Waals surface area contributed by atoms with Crippen LogP contribution in [0.25, 0.3) is 23.0 Å². The van der Waals surface area contributed by atoms with E-state index in [1.165, 1.54) is 0 Å². The first kappa shape index (κ1) is 23.2. The molecule has 0 aliphatic carbocycles. The summed E-state index contributed by atoms with van der Waals surface area (Å²) in [5.74, 6) is 1.46. The van der Waals surface area contributed by atoms with Crippen LogP contribution in [0.3, 0.4) is 0 Å². The zero-order chi connectivity index (χ0) is 24.7. The summed E-state index contributed by atoms with van der Waals surface area (Å²) in [7, 11) is 0. The quantitative estimate of drug-likeness (QED) is 0.198. The van der Waals surface area contributed by atoms with E-state index in [1.54, 1.807) is 12.2 Å². The Balaban J connectivity index is 1.34. The topological polar surface area (TPSA) is 44.8 Å². The lowest BCUT2D eigenvalue weighted by Gasteiger charge is -2.13. The summed E-state index contributed by atoms with van der Waals surface area (Å²) in [6.07, 6.45) is 3.58. The van der Waals surface area contributed by atoms with Gasteiger partial charge in [-0.1, -0.05) is 91.0 Å². The van der Waals surface area contributed by atoms with Crippen LogP contribution in [0.15, 0.2) is 115 Å². The number of carbonyl (C=O) groups excluding carboxylic acids is 1. The predicted octanol–water partition coefficient (Wildman–Crippen LogP) is 7.31. The molecule has 4 nitrogen and oxygen atoms in total. The van der Waals surface area contributed by atoms with Gasteiger partial charge in [0.05, 0.1) is 12.2 Å². The van der Waals surface area contributed by atoms with E-state index in [0.29, 0.717) is 36.0 Å². The number of rotatable bonds is 8. The minimum atomic E-state index is -0.375. The molecule has 4 aromatic carbocycles. The highest BCUT2D eigenvalue weighted by molar-refractivity contribution is 6.05. The number of cyclic esters (lactones) is 1. The van der Waals surface area contributed by atoms with E-state index in [-0.39, 0.29) is 5.97 Å². The molecule has 0 atom stereocenters. The van der Waals surface area contributed by atoms with Crippen LogP contribution >= 0.6 is 0 Å². The molecule has 0 fully saturated rings. The van der Waals surface area contributed by atoms with Crippen molar-refractivity contribution in [3.8, 4) is 22.6 Å². The highest BCUT2D eigenvalue weighted by atomic mass is 16.5. The van der Waals surface area contributed by atoms with Gasteiger partial charge in [-0.3, -0.25) is 0 Å². The molecule has 0 saturated heterocycles. The number of hydrogen-bond donors (Lipinski definition) is 0. The third-order valence-corrected chi connectivity index (χ3v) is 5.83. The fraction of sp³-hybridized carbons (Fsp3) is 0.0938.